The van der Waals surface area contributed by atoms with Gasteiger partial charge in [-0.25, -0.2) is 4.98 Å². The molecule has 2 aromatic heterocycles. The lowest BCUT2D eigenvalue weighted by Crippen LogP contribution is -2.10. The first-order valence-corrected chi connectivity index (χ1v) is 10.6. The Balaban J connectivity index is 1.64. The maximum atomic E-state index is 11.7. The molecule has 3 aromatic rings. The quantitative estimate of drug-likeness (QED) is 0.373. The fraction of sp³-hybridized carbons (Fsp3) is 0.524. The van der Waals surface area contributed by atoms with Gasteiger partial charge in [-0.1, -0.05) is 31.9 Å². The first kappa shape index (κ1) is 22.1. The maximum Gasteiger partial charge on any atom is 0.305 e. The molecule has 0 fully saturated rings. The summed E-state index contributed by atoms with van der Waals surface area (Å²) < 4.78 is 12.4. The SMILES string of the molecule is COc1ccc2c(nc(NCCCCCC(=O)OCC(C)C)c3nnc(C)n32)c1Cl. The molecule has 0 saturated carbocycles. The summed E-state index contributed by atoms with van der Waals surface area (Å²) in [4.78, 5) is 16.4. The van der Waals surface area contributed by atoms with Crippen LogP contribution in [0.4, 0.5) is 5.82 Å². The summed E-state index contributed by atoms with van der Waals surface area (Å²) in [5.74, 6) is 2.17. The molecule has 3 rings (SSSR count). The molecule has 0 radical (unpaired) electrons. The van der Waals surface area contributed by atoms with Crippen LogP contribution in [0.15, 0.2) is 12.1 Å². The van der Waals surface area contributed by atoms with Crippen LogP contribution in [0.25, 0.3) is 16.7 Å². The van der Waals surface area contributed by atoms with Crippen molar-refractivity contribution in [1.29, 1.82) is 0 Å². The molecule has 0 atom stereocenters. The Bertz CT molecular complexity index is 1030. The van der Waals surface area contributed by atoms with Crippen molar-refractivity contribution in [2.75, 3.05) is 25.6 Å². The van der Waals surface area contributed by atoms with Crippen LogP contribution in [0.1, 0.15) is 45.4 Å². The van der Waals surface area contributed by atoms with Gasteiger partial charge in [-0.3, -0.25) is 9.20 Å². The number of halogens is 1. The molecule has 0 aliphatic carbocycles. The fourth-order valence-corrected chi connectivity index (χ4v) is 3.45. The van der Waals surface area contributed by atoms with Gasteiger partial charge in [-0.2, -0.15) is 0 Å². The summed E-state index contributed by atoms with van der Waals surface area (Å²) in [5, 5.41) is 12.2. The Morgan fingerprint density at radius 3 is 2.77 bits per heavy atom. The van der Waals surface area contributed by atoms with E-state index < -0.39 is 0 Å². The van der Waals surface area contributed by atoms with Crippen LogP contribution >= 0.6 is 11.6 Å². The first-order chi connectivity index (χ1) is 14.4. The van der Waals surface area contributed by atoms with Crippen LogP contribution in [0.2, 0.25) is 5.02 Å². The molecule has 2 heterocycles. The van der Waals surface area contributed by atoms with E-state index in [0.29, 0.717) is 53.2 Å². The number of aryl methyl sites for hydroxylation is 1. The number of ether oxygens (including phenoxy) is 2. The molecule has 1 aromatic carbocycles. The number of unbranched alkanes of at least 4 members (excludes halogenated alkanes) is 2. The van der Waals surface area contributed by atoms with E-state index in [1.807, 2.05) is 37.3 Å². The van der Waals surface area contributed by atoms with Crippen molar-refractivity contribution in [2.45, 2.75) is 46.5 Å². The zero-order valence-electron chi connectivity index (χ0n) is 17.9. The molecule has 30 heavy (non-hydrogen) atoms. The number of esters is 1. The van der Waals surface area contributed by atoms with Gasteiger partial charge in [0.05, 0.1) is 19.2 Å². The Hall–Kier alpha value is -2.61. The highest BCUT2D eigenvalue weighted by atomic mass is 35.5. The smallest absolute Gasteiger partial charge is 0.305 e. The summed E-state index contributed by atoms with van der Waals surface area (Å²) in [6, 6.07) is 3.71. The Labute approximate surface area is 180 Å². The largest absolute Gasteiger partial charge is 0.495 e. The van der Waals surface area contributed by atoms with E-state index in [9.17, 15) is 4.79 Å². The number of carbonyl (C=O) groups is 1. The molecule has 0 bridgehead atoms. The molecular formula is C21H28ClN5O3. The van der Waals surface area contributed by atoms with Gasteiger partial charge in [0.25, 0.3) is 0 Å². The molecule has 0 spiro atoms. The monoisotopic (exact) mass is 433 g/mol. The van der Waals surface area contributed by atoms with Gasteiger partial charge >= 0.3 is 5.97 Å². The van der Waals surface area contributed by atoms with Crippen LogP contribution in [-0.4, -0.2) is 45.8 Å². The molecule has 0 unspecified atom stereocenters. The van der Waals surface area contributed by atoms with Crippen molar-refractivity contribution < 1.29 is 14.3 Å². The van der Waals surface area contributed by atoms with E-state index in [4.69, 9.17) is 26.1 Å². The van der Waals surface area contributed by atoms with E-state index in [2.05, 4.69) is 15.5 Å². The minimum atomic E-state index is -0.128. The van der Waals surface area contributed by atoms with Gasteiger partial charge in [0.2, 0.25) is 5.65 Å². The second-order valence-corrected chi connectivity index (χ2v) is 8.01. The highest BCUT2D eigenvalue weighted by Gasteiger charge is 2.16. The Kier molecular flexibility index (Phi) is 7.31. The molecule has 0 aliphatic heterocycles. The zero-order chi connectivity index (χ0) is 21.7. The van der Waals surface area contributed by atoms with Crippen LogP contribution < -0.4 is 10.1 Å². The van der Waals surface area contributed by atoms with Gasteiger partial charge < -0.3 is 14.8 Å². The normalized spacial score (nSPS) is 11.4. The average Bonchev–Trinajstić information content (AvgIpc) is 3.11. The van der Waals surface area contributed by atoms with Crippen LogP contribution in [0, 0.1) is 12.8 Å². The molecule has 0 saturated heterocycles. The molecular weight excluding hydrogens is 406 g/mol. The van der Waals surface area contributed by atoms with Crippen LogP contribution in [-0.2, 0) is 9.53 Å². The Morgan fingerprint density at radius 2 is 2.03 bits per heavy atom. The highest BCUT2D eigenvalue weighted by Crippen LogP contribution is 2.33. The number of carbonyl (C=O) groups excluding carboxylic acids is 1. The highest BCUT2D eigenvalue weighted by molar-refractivity contribution is 6.36. The lowest BCUT2D eigenvalue weighted by Gasteiger charge is -2.12. The van der Waals surface area contributed by atoms with Crippen LogP contribution in [0.3, 0.4) is 0 Å². The maximum absolute atomic E-state index is 11.7. The standard InChI is InChI=1S/C21H28ClN5O3/c1-13(2)12-30-17(28)8-6-5-7-11-23-20-21-26-25-14(3)27(21)15-9-10-16(29-4)18(22)19(15)24-20/h9-10,13H,5-8,11-12H2,1-4H3,(H,23,24). The molecule has 0 aliphatic rings. The number of fused-ring (bicyclic) bond motifs is 3. The minimum absolute atomic E-state index is 0.128. The average molecular weight is 434 g/mol. The summed E-state index contributed by atoms with van der Waals surface area (Å²) in [5.41, 5.74) is 2.10. The topological polar surface area (TPSA) is 90.6 Å². The Morgan fingerprint density at radius 1 is 1.23 bits per heavy atom. The summed E-state index contributed by atoms with van der Waals surface area (Å²) in [7, 11) is 1.58. The second-order valence-electron chi connectivity index (χ2n) is 7.63. The van der Waals surface area contributed by atoms with Crippen LogP contribution in [0.5, 0.6) is 5.75 Å². The predicted molar refractivity (Wildman–Crippen MR) is 117 cm³/mol. The number of hydrogen-bond acceptors (Lipinski definition) is 7. The summed E-state index contributed by atoms with van der Waals surface area (Å²) in [6.07, 6.45) is 3.05. The molecule has 9 heteroatoms. The van der Waals surface area contributed by atoms with E-state index in [1.165, 1.54) is 0 Å². The third-order valence-electron chi connectivity index (χ3n) is 4.71. The van der Waals surface area contributed by atoms with Gasteiger partial charge in [-0.05, 0) is 37.8 Å². The second kappa shape index (κ2) is 9.93. The molecule has 1 N–H and O–H groups in total. The number of aromatic nitrogens is 4. The number of anilines is 1. The number of benzene rings is 1. The lowest BCUT2D eigenvalue weighted by molar-refractivity contribution is -0.144. The number of nitrogens with zero attached hydrogens (tertiary/aromatic N) is 4. The fourth-order valence-electron chi connectivity index (χ4n) is 3.17. The number of methoxy groups -OCH3 is 1. The zero-order valence-corrected chi connectivity index (χ0v) is 18.6. The number of hydrogen-bond donors (Lipinski definition) is 1. The molecule has 0 amide bonds. The van der Waals surface area contributed by atoms with Gasteiger partial charge in [0.1, 0.15) is 22.1 Å². The summed E-state index contributed by atoms with van der Waals surface area (Å²) >= 11 is 6.50. The van der Waals surface area contributed by atoms with E-state index >= 15 is 0 Å². The van der Waals surface area contributed by atoms with Gasteiger partial charge in [0.15, 0.2) is 5.82 Å². The van der Waals surface area contributed by atoms with E-state index in [-0.39, 0.29) is 5.97 Å². The van der Waals surface area contributed by atoms with Crippen molar-refractivity contribution in [2.24, 2.45) is 5.92 Å². The van der Waals surface area contributed by atoms with Crippen molar-refractivity contribution in [1.82, 2.24) is 19.6 Å². The minimum Gasteiger partial charge on any atom is -0.495 e. The van der Waals surface area contributed by atoms with Crippen molar-refractivity contribution in [3.8, 4) is 5.75 Å². The number of rotatable bonds is 10. The summed E-state index contributed by atoms with van der Waals surface area (Å²) in [6.45, 7) is 7.12. The van der Waals surface area contributed by atoms with Gasteiger partial charge in [-0.15, -0.1) is 10.2 Å². The number of nitrogens with one attached hydrogen (secondary N) is 1. The molecule has 8 nitrogen and oxygen atoms in total. The molecule has 162 valence electrons. The lowest BCUT2D eigenvalue weighted by atomic mass is 10.2. The third kappa shape index (κ3) is 4.92. The first-order valence-electron chi connectivity index (χ1n) is 10.2. The van der Waals surface area contributed by atoms with Crippen molar-refractivity contribution in [3.63, 3.8) is 0 Å². The van der Waals surface area contributed by atoms with E-state index in [1.54, 1.807) is 7.11 Å². The third-order valence-corrected chi connectivity index (χ3v) is 5.07. The van der Waals surface area contributed by atoms with E-state index in [0.717, 1.165) is 30.6 Å². The van der Waals surface area contributed by atoms with Gasteiger partial charge in [0, 0.05) is 13.0 Å². The predicted octanol–water partition coefficient (Wildman–Crippen LogP) is 4.42. The van der Waals surface area contributed by atoms with Crippen molar-refractivity contribution in [3.05, 3.63) is 23.0 Å². The van der Waals surface area contributed by atoms with Crippen molar-refractivity contribution >= 4 is 40.1 Å².